The lowest BCUT2D eigenvalue weighted by atomic mass is 9.96. The number of carbonyl (C=O) groups is 1. The van der Waals surface area contributed by atoms with E-state index in [2.05, 4.69) is 15.3 Å². The fourth-order valence-electron chi connectivity index (χ4n) is 3.47. The van der Waals surface area contributed by atoms with Gasteiger partial charge in [0, 0.05) is 31.5 Å². The first-order chi connectivity index (χ1) is 13.2. The van der Waals surface area contributed by atoms with Gasteiger partial charge in [0.1, 0.15) is 0 Å². The summed E-state index contributed by atoms with van der Waals surface area (Å²) >= 11 is 0. The molecular weight excluding hydrogens is 346 g/mol. The number of fused-ring (bicyclic) bond motifs is 1. The van der Waals surface area contributed by atoms with E-state index in [0.717, 1.165) is 44.6 Å². The maximum Gasteiger partial charge on any atom is 0.245 e. The van der Waals surface area contributed by atoms with E-state index >= 15 is 0 Å². The van der Waals surface area contributed by atoms with Gasteiger partial charge in [0.15, 0.2) is 11.6 Å². The lowest BCUT2D eigenvalue weighted by molar-refractivity contribution is -0.115. The van der Waals surface area contributed by atoms with Crippen LogP contribution in [0.5, 0.6) is 0 Å². The first-order valence-corrected chi connectivity index (χ1v) is 9.28. The van der Waals surface area contributed by atoms with E-state index in [9.17, 15) is 4.79 Å². The standard InChI is InChI=1S/C19H23N5O3/c25-12-15-2-1-14(9-20-15)16-10-21-18-19(22-16)24(11-17(26)23-18)6-3-13-4-7-27-8-5-13/h1-2,9-10,13,25H,3-8,11-12H2,(H,21,23,26). The molecule has 2 aliphatic rings. The first-order valence-electron chi connectivity index (χ1n) is 9.28. The fraction of sp³-hybridized carbons (Fsp3) is 0.474. The predicted octanol–water partition coefficient (Wildman–Crippen LogP) is 1.61. The summed E-state index contributed by atoms with van der Waals surface area (Å²) in [4.78, 5) is 27.4. The Kier molecular flexibility index (Phi) is 5.26. The fourth-order valence-corrected chi connectivity index (χ4v) is 3.47. The molecule has 4 heterocycles. The number of rotatable bonds is 5. The second-order valence-corrected chi connectivity index (χ2v) is 6.94. The molecule has 0 unspecified atom stereocenters. The van der Waals surface area contributed by atoms with Gasteiger partial charge < -0.3 is 20.1 Å². The van der Waals surface area contributed by atoms with E-state index in [4.69, 9.17) is 14.8 Å². The Hall–Kier alpha value is -2.58. The zero-order valence-electron chi connectivity index (χ0n) is 15.1. The molecule has 0 aromatic carbocycles. The third kappa shape index (κ3) is 4.06. The van der Waals surface area contributed by atoms with E-state index < -0.39 is 0 Å². The number of amides is 1. The highest BCUT2D eigenvalue weighted by Crippen LogP contribution is 2.29. The topological polar surface area (TPSA) is 100 Å². The van der Waals surface area contributed by atoms with Crippen LogP contribution in [0.4, 0.5) is 11.6 Å². The average molecular weight is 369 g/mol. The molecule has 8 nitrogen and oxygen atoms in total. The number of ether oxygens (including phenoxy) is 1. The Morgan fingerprint density at radius 2 is 2.07 bits per heavy atom. The molecule has 1 saturated heterocycles. The minimum Gasteiger partial charge on any atom is -0.390 e. The number of aliphatic hydroxyl groups is 1. The number of anilines is 2. The van der Waals surface area contributed by atoms with E-state index in [-0.39, 0.29) is 19.1 Å². The number of hydrogen-bond donors (Lipinski definition) is 2. The average Bonchev–Trinajstić information content (AvgIpc) is 2.72. The highest BCUT2D eigenvalue weighted by atomic mass is 16.5. The van der Waals surface area contributed by atoms with Gasteiger partial charge in [-0.2, -0.15) is 0 Å². The van der Waals surface area contributed by atoms with Gasteiger partial charge >= 0.3 is 0 Å². The number of aromatic nitrogens is 3. The minimum absolute atomic E-state index is 0.0644. The Balaban J connectivity index is 1.55. The van der Waals surface area contributed by atoms with Gasteiger partial charge in [0.2, 0.25) is 5.91 Å². The molecule has 0 atom stereocenters. The number of carbonyl (C=O) groups excluding carboxylic acids is 1. The summed E-state index contributed by atoms with van der Waals surface area (Å²) < 4.78 is 5.42. The van der Waals surface area contributed by atoms with E-state index in [1.54, 1.807) is 18.5 Å². The quantitative estimate of drug-likeness (QED) is 0.826. The molecule has 4 rings (SSSR count). The first kappa shape index (κ1) is 17.8. The maximum atomic E-state index is 12.0. The van der Waals surface area contributed by atoms with Crippen LogP contribution in [0.1, 0.15) is 25.0 Å². The van der Waals surface area contributed by atoms with Crippen LogP contribution in [0.15, 0.2) is 24.5 Å². The largest absolute Gasteiger partial charge is 0.390 e. The summed E-state index contributed by atoms with van der Waals surface area (Å²) in [6.45, 7) is 2.61. The molecule has 142 valence electrons. The van der Waals surface area contributed by atoms with Gasteiger partial charge in [-0.3, -0.25) is 9.78 Å². The maximum absolute atomic E-state index is 12.0. The zero-order valence-corrected chi connectivity index (χ0v) is 15.1. The Bertz CT molecular complexity index is 805. The second-order valence-electron chi connectivity index (χ2n) is 6.94. The molecular formula is C19H23N5O3. The molecule has 0 aliphatic carbocycles. The highest BCUT2D eigenvalue weighted by Gasteiger charge is 2.26. The monoisotopic (exact) mass is 369 g/mol. The summed E-state index contributed by atoms with van der Waals surface area (Å²) in [5.41, 5.74) is 2.12. The molecule has 1 fully saturated rings. The molecule has 2 aromatic rings. The van der Waals surface area contributed by atoms with Gasteiger partial charge in [-0.25, -0.2) is 9.97 Å². The number of aliphatic hydroxyl groups excluding tert-OH is 1. The molecule has 8 heteroatoms. The number of nitrogens with zero attached hydrogens (tertiary/aromatic N) is 4. The SMILES string of the molecule is O=C1CN(CCC2CCOCC2)c2nc(-c3ccc(CO)nc3)cnc2N1. The van der Waals surface area contributed by atoms with Crippen LogP contribution < -0.4 is 10.2 Å². The van der Waals surface area contributed by atoms with Crippen LogP contribution in [-0.2, 0) is 16.1 Å². The number of nitrogens with one attached hydrogen (secondary N) is 1. The molecule has 0 radical (unpaired) electrons. The Morgan fingerprint density at radius 1 is 1.22 bits per heavy atom. The van der Waals surface area contributed by atoms with Crippen molar-refractivity contribution in [1.29, 1.82) is 0 Å². The van der Waals surface area contributed by atoms with Crippen LogP contribution in [0.25, 0.3) is 11.3 Å². The number of pyridine rings is 1. The molecule has 2 aliphatic heterocycles. The smallest absolute Gasteiger partial charge is 0.245 e. The lowest BCUT2D eigenvalue weighted by Gasteiger charge is -2.31. The van der Waals surface area contributed by atoms with Crippen LogP contribution in [0.2, 0.25) is 0 Å². The van der Waals surface area contributed by atoms with Crippen molar-refractivity contribution in [2.75, 3.05) is 36.5 Å². The van der Waals surface area contributed by atoms with Crippen molar-refractivity contribution in [3.05, 3.63) is 30.2 Å². The molecule has 0 bridgehead atoms. The van der Waals surface area contributed by atoms with Crippen molar-refractivity contribution < 1.29 is 14.6 Å². The molecule has 2 N–H and O–H groups in total. The predicted molar refractivity (Wildman–Crippen MR) is 100 cm³/mol. The van der Waals surface area contributed by atoms with Crippen molar-refractivity contribution in [3.8, 4) is 11.3 Å². The van der Waals surface area contributed by atoms with Crippen molar-refractivity contribution >= 4 is 17.5 Å². The lowest BCUT2D eigenvalue weighted by Crippen LogP contribution is -2.40. The normalized spacial score (nSPS) is 17.5. The summed E-state index contributed by atoms with van der Waals surface area (Å²) in [6, 6.07) is 3.63. The highest BCUT2D eigenvalue weighted by molar-refractivity contribution is 5.99. The third-order valence-corrected chi connectivity index (χ3v) is 5.08. The van der Waals surface area contributed by atoms with Crippen molar-refractivity contribution in [2.24, 2.45) is 5.92 Å². The summed E-state index contributed by atoms with van der Waals surface area (Å²) in [5, 5.41) is 11.9. The molecule has 27 heavy (non-hydrogen) atoms. The zero-order chi connectivity index (χ0) is 18.6. The van der Waals surface area contributed by atoms with Crippen molar-refractivity contribution in [1.82, 2.24) is 15.0 Å². The summed E-state index contributed by atoms with van der Waals surface area (Å²) in [5.74, 6) is 1.76. The Morgan fingerprint density at radius 3 is 2.81 bits per heavy atom. The van der Waals surface area contributed by atoms with Crippen LogP contribution >= 0.6 is 0 Å². The second kappa shape index (κ2) is 7.98. The van der Waals surface area contributed by atoms with Gasteiger partial charge in [-0.15, -0.1) is 0 Å². The van der Waals surface area contributed by atoms with Crippen LogP contribution in [0.3, 0.4) is 0 Å². The van der Waals surface area contributed by atoms with E-state index in [1.807, 2.05) is 11.0 Å². The minimum atomic E-state index is -0.0951. The molecule has 1 amide bonds. The van der Waals surface area contributed by atoms with Crippen molar-refractivity contribution in [3.63, 3.8) is 0 Å². The number of hydrogen-bond acceptors (Lipinski definition) is 7. The summed E-state index contributed by atoms with van der Waals surface area (Å²) in [6.07, 6.45) is 6.46. The van der Waals surface area contributed by atoms with E-state index in [0.29, 0.717) is 28.9 Å². The van der Waals surface area contributed by atoms with Gasteiger partial charge in [0.25, 0.3) is 0 Å². The molecule has 0 spiro atoms. The van der Waals surface area contributed by atoms with Crippen LogP contribution in [-0.4, -0.2) is 52.3 Å². The van der Waals surface area contributed by atoms with Gasteiger partial charge in [0.05, 0.1) is 30.7 Å². The third-order valence-electron chi connectivity index (χ3n) is 5.08. The van der Waals surface area contributed by atoms with Crippen molar-refractivity contribution in [2.45, 2.75) is 25.9 Å². The van der Waals surface area contributed by atoms with Gasteiger partial charge in [-0.1, -0.05) is 0 Å². The molecule has 0 saturated carbocycles. The van der Waals surface area contributed by atoms with Crippen LogP contribution in [0, 0.1) is 5.92 Å². The molecule has 2 aromatic heterocycles. The Labute approximate surface area is 157 Å². The summed E-state index contributed by atoms with van der Waals surface area (Å²) in [7, 11) is 0. The van der Waals surface area contributed by atoms with Gasteiger partial charge in [-0.05, 0) is 37.3 Å². The van der Waals surface area contributed by atoms with E-state index in [1.165, 1.54) is 0 Å².